The lowest BCUT2D eigenvalue weighted by atomic mass is 10.1. The number of amides is 2. The maximum Gasteiger partial charge on any atom is 0.261 e. The van der Waals surface area contributed by atoms with E-state index in [1.54, 1.807) is 54.1 Å². The van der Waals surface area contributed by atoms with Gasteiger partial charge in [0, 0.05) is 19.3 Å². The smallest absolute Gasteiger partial charge is 0.261 e. The summed E-state index contributed by atoms with van der Waals surface area (Å²) in [7, 11) is 1.79. The van der Waals surface area contributed by atoms with Crippen molar-refractivity contribution >= 4 is 23.6 Å². The molecule has 1 aromatic heterocycles. The molecule has 1 aliphatic rings. The number of imide groups is 1. The van der Waals surface area contributed by atoms with Crippen LogP contribution in [0.2, 0.25) is 0 Å². The lowest BCUT2D eigenvalue weighted by Crippen LogP contribution is -2.31. The summed E-state index contributed by atoms with van der Waals surface area (Å²) in [5.41, 5.74) is 1.32. The number of halogens is 1. The number of hydrogen-bond donors (Lipinski definition) is 0. The second-order valence-electron chi connectivity index (χ2n) is 6.35. The third-order valence-corrected chi connectivity index (χ3v) is 5.69. The Labute approximate surface area is 165 Å². The lowest BCUT2D eigenvalue weighted by Gasteiger charge is -2.13. The fraction of sp³-hybridized carbons (Fsp3) is 0.200. The number of aromatic nitrogens is 3. The zero-order valence-corrected chi connectivity index (χ0v) is 15.9. The number of fused-ring (bicyclic) bond motifs is 1. The van der Waals surface area contributed by atoms with Crippen LogP contribution >= 0.6 is 11.8 Å². The molecule has 0 bridgehead atoms. The molecule has 28 heavy (non-hydrogen) atoms. The fourth-order valence-corrected chi connectivity index (χ4v) is 3.98. The van der Waals surface area contributed by atoms with E-state index in [-0.39, 0.29) is 17.6 Å². The quantitative estimate of drug-likeness (QED) is 0.363. The minimum absolute atomic E-state index is 0.244. The van der Waals surface area contributed by atoms with Gasteiger partial charge in [-0.2, -0.15) is 0 Å². The van der Waals surface area contributed by atoms with Crippen molar-refractivity contribution < 1.29 is 14.0 Å². The van der Waals surface area contributed by atoms with Gasteiger partial charge in [0.1, 0.15) is 5.82 Å². The van der Waals surface area contributed by atoms with Crippen LogP contribution in [0.15, 0.2) is 53.7 Å². The average Bonchev–Trinajstić information content (AvgIpc) is 3.18. The van der Waals surface area contributed by atoms with Crippen LogP contribution in [0.3, 0.4) is 0 Å². The van der Waals surface area contributed by atoms with Crippen molar-refractivity contribution in [2.24, 2.45) is 7.05 Å². The average molecular weight is 396 g/mol. The zero-order chi connectivity index (χ0) is 19.7. The van der Waals surface area contributed by atoms with Crippen LogP contribution < -0.4 is 0 Å². The minimum Gasteiger partial charge on any atom is -0.305 e. The van der Waals surface area contributed by atoms with E-state index in [0.717, 1.165) is 0 Å². The summed E-state index contributed by atoms with van der Waals surface area (Å²) >= 11 is 1.46. The van der Waals surface area contributed by atoms with Crippen molar-refractivity contribution in [3.05, 3.63) is 65.5 Å². The molecule has 0 unspecified atom stereocenters. The predicted octanol–water partition coefficient (Wildman–Crippen LogP) is 3.40. The largest absolute Gasteiger partial charge is 0.305 e. The standard InChI is InChI=1S/C20H17FN4O2S/c1-24-17(15-9-4-5-10-16(15)21)22-23-20(24)28-12-6-11-25-18(26)13-7-2-3-8-14(13)19(25)27/h2-5,7-10H,6,11-12H2,1H3. The van der Waals surface area contributed by atoms with Crippen LogP contribution in [0.5, 0.6) is 0 Å². The number of benzene rings is 2. The molecule has 1 aliphatic heterocycles. The van der Waals surface area contributed by atoms with Crippen LogP contribution in [0.1, 0.15) is 27.1 Å². The summed E-state index contributed by atoms with van der Waals surface area (Å²) in [5.74, 6) is 0.273. The molecule has 3 aromatic rings. The zero-order valence-electron chi connectivity index (χ0n) is 15.1. The Hall–Kier alpha value is -3.00. The van der Waals surface area contributed by atoms with Gasteiger partial charge >= 0.3 is 0 Å². The molecule has 0 atom stereocenters. The maximum atomic E-state index is 14.0. The van der Waals surface area contributed by atoms with Gasteiger partial charge in [0.25, 0.3) is 11.8 Å². The van der Waals surface area contributed by atoms with E-state index in [1.807, 2.05) is 0 Å². The number of thioether (sulfide) groups is 1. The van der Waals surface area contributed by atoms with Gasteiger partial charge in [-0.05, 0) is 30.7 Å². The molecule has 0 aliphatic carbocycles. The highest BCUT2D eigenvalue weighted by molar-refractivity contribution is 7.99. The van der Waals surface area contributed by atoms with Gasteiger partial charge in [-0.15, -0.1) is 10.2 Å². The van der Waals surface area contributed by atoms with E-state index in [4.69, 9.17) is 0 Å². The predicted molar refractivity (Wildman–Crippen MR) is 104 cm³/mol. The summed E-state index contributed by atoms with van der Waals surface area (Å²) in [4.78, 5) is 26.0. The van der Waals surface area contributed by atoms with Crippen LogP contribution in [0.4, 0.5) is 4.39 Å². The molecule has 6 nitrogen and oxygen atoms in total. The van der Waals surface area contributed by atoms with Crippen LogP contribution in [0.25, 0.3) is 11.4 Å². The number of rotatable bonds is 6. The first-order chi connectivity index (χ1) is 13.6. The lowest BCUT2D eigenvalue weighted by molar-refractivity contribution is 0.0655. The van der Waals surface area contributed by atoms with Crippen molar-refractivity contribution in [3.63, 3.8) is 0 Å². The van der Waals surface area contributed by atoms with Crippen molar-refractivity contribution in [1.82, 2.24) is 19.7 Å². The Bertz CT molecular complexity index is 1030. The van der Waals surface area contributed by atoms with E-state index in [0.29, 0.717) is 46.4 Å². The highest BCUT2D eigenvalue weighted by atomic mass is 32.2. The summed E-state index contributed by atoms with van der Waals surface area (Å²) in [6.07, 6.45) is 0.623. The topological polar surface area (TPSA) is 68.1 Å². The van der Waals surface area contributed by atoms with Gasteiger partial charge < -0.3 is 4.57 Å². The molecule has 0 fully saturated rings. The van der Waals surface area contributed by atoms with Crippen LogP contribution in [-0.4, -0.2) is 43.8 Å². The van der Waals surface area contributed by atoms with E-state index in [2.05, 4.69) is 10.2 Å². The minimum atomic E-state index is -0.347. The first-order valence-corrected chi connectivity index (χ1v) is 9.79. The Morgan fingerprint density at radius 1 is 0.929 bits per heavy atom. The molecule has 8 heteroatoms. The molecular weight excluding hydrogens is 379 g/mol. The molecule has 0 spiro atoms. The molecule has 0 N–H and O–H groups in total. The molecule has 2 aromatic carbocycles. The second kappa shape index (κ2) is 7.55. The van der Waals surface area contributed by atoms with Gasteiger partial charge in [-0.1, -0.05) is 36.0 Å². The van der Waals surface area contributed by atoms with Crippen molar-refractivity contribution in [2.45, 2.75) is 11.6 Å². The Kier molecular flexibility index (Phi) is 4.95. The van der Waals surface area contributed by atoms with E-state index in [1.165, 1.54) is 22.7 Å². The number of carbonyl (C=O) groups excluding carboxylic acids is 2. The third-order valence-electron chi connectivity index (χ3n) is 4.59. The molecule has 0 saturated heterocycles. The van der Waals surface area contributed by atoms with Crippen molar-refractivity contribution in [1.29, 1.82) is 0 Å². The second-order valence-corrected chi connectivity index (χ2v) is 7.42. The summed E-state index contributed by atoms with van der Waals surface area (Å²) in [6.45, 7) is 0.345. The molecular formula is C20H17FN4O2S. The first-order valence-electron chi connectivity index (χ1n) is 8.80. The van der Waals surface area contributed by atoms with Crippen molar-refractivity contribution in [3.8, 4) is 11.4 Å². The van der Waals surface area contributed by atoms with Crippen molar-refractivity contribution in [2.75, 3.05) is 12.3 Å². The molecule has 142 valence electrons. The normalized spacial score (nSPS) is 13.3. The van der Waals surface area contributed by atoms with Gasteiger partial charge in [-0.25, -0.2) is 4.39 Å². The van der Waals surface area contributed by atoms with Crippen LogP contribution in [-0.2, 0) is 7.05 Å². The fourth-order valence-electron chi connectivity index (χ4n) is 3.15. The highest BCUT2D eigenvalue weighted by Crippen LogP contribution is 2.26. The molecule has 2 heterocycles. The van der Waals surface area contributed by atoms with E-state index >= 15 is 0 Å². The van der Waals surface area contributed by atoms with Gasteiger partial charge in [0.2, 0.25) is 0 Å². The molecule has 4 rings (SSSR count). The third kappa shape index (κ3) is 3.20. The Morgan fingerprint density at radius 2 is 1.54 bits per heavy atom. The highest BCUT2D eigenvalue weighted by Gasteiger charge is 2.34. The summed E-state index contributed by atoms with van der Waals surface area (Å²) in [6, 6.07) is 13.3. The van der Waals surface area contributed by atoms with Gasteiger partial charge in [0.15, 0.2) is 11.0 Å². The number of hydrogen-bond acceptors (Lipinski definition) is 5. The van der Waals surface area contributed by atoms with E-state index in [9.17, 15) is 14.0 Å². The first kappa shape index (κ1) is 18.4. The number of nitrogens with zero attached hydrogens (tertiary/aromatic N) is 4. The number of carbonyl (C=O) groups is 2. The monoisotopic (exact) mass is 396 g/mol. The van der Waals surface area contributed by atoms with Gasteiger partial charge in [0.05, 0.1) is 16.7 Å². The molecule has 0 saturated carbocycles. The Morgan fingerprint density at radius 3 is 2.18 bits per heavy atom. The van der Waals surface area contributed by atoms with E-state index < -0.39 is 0 Å². The van der Waals surface area contributed by atoms with Gasteiger partial charge in [-0.3, -0.25) is 14.5 Å². The Balaban J connectivity index is 1.36. The molecule has 0 radical (unpaired) electrons. The summed E-state index contributed by atoms with van der Waals surface area (Å²) < 4.78 is 15.7. The molecule has 2 amide bonds. The maximum absolute atomic E-state index is 14.0. The SMILES string of the molecule is Cn1c(SCCCN2C(=O)c3ccccc3C2=O)nnc1-c1ccccc1F. The van der Waals surface area contributed by atoms with Crippen LogP contribution in [0, 0.1) is 5.82 Å². The summed E-state index contributed by atoms with van der Waals surface area (Å²) in [5, 5.41) is 8.87.